The van der Waals surface area contributed by atoms with Crippen LogP contribution in [0.3, 0.4) is 0 Å². The van der Waals surface area contributed by atoms with Gasteiger partial charge in [-0.3, -0.25) is 0 Å². The third-order valence-electron chi connectivity index (χ3n) is 1.07. The maximum atomic E-state index is 3.57. The largest absolute Gasteiger partial charge is 0.352 e. The van der Waals surface area contributed by atoms with Gasteiger partial charge in [0.15, 0.2) is 0 Å². The van der Waals surface area contributed by atoms with E-state index in [0.29, 0.717) is 0 Å². The summed E-state index contributed by atoms with van der Waals surface area (Å²) in [5.74, 6) is 0. The molecular formula is C9H15N. The van der Waals surface area contributed by atoms with Gasteiger partial charge in [-0.2, -0.15) is 0 Å². The fourth-order valence-electron chi connectivity index (χ4n) is 0.591. The first-order valence-electron chi connectivity index (χ1n) is 3.65. The Kier molecular flexibility index (Phi) is 4.38. The normalized spacial score (nSPS) is 21.1. The number of nitrogens with one attached hydrogen (secondary N) is 1. The van der Waals surface area contributed by atoms with E-state index in [1.807, 2.05) is 32.9 Å². The van der Waals surface area contributed by atoms with Crippen LogP contribution in [-0.2, 0) is 0 Å². The minimum absolute atomic E-state index is 1.20. The molecule has 0 atom stereocenters. The maximum absolute atomic E-state index is 3.57. The third kappa shape index (κ3) is 2.53. The van der Waals surface area contributed by atoms with E-state index in [1.165, 1.54) is 11.4 Å². The number of hydrogen-bond donors (Lipinski definition) is 1. The van der Waals surface area contributed by atoms with Crippen molar-refractivity contribution in [3.63, 3.8) is 0 Å². The van der Waals surface area contributed by atoms with Crippen molar-refractivity contribution in [3.8, 4) is 0 Å². The van der Waals surface area contributed by atoms with Crippen LogP contribution in [0.5, 0.6) is 0 Å². The number of allylic oxidation sites excluding steroid dienone is 3. The molecule has 1 nitrogen and oxygen atoms in total. The van der Waals surface area contributed by atoms with Crippen LogP contribution in [0.25, 0.3) is 0 Å². The van der Waals surface area contributed by atoms with Gasteiger partial charge in [-0.1, -0.05) is 32.6 Å². The molecule has 0 amide bonds. The van der Waals surface area contributed by atoms with Gasteiger partial charge in [0.1, 0.15) is 0 Å². The Balaban J connectivity index is 0.000000371. The van der Waals surface area contributed by atoms with Gasteiger partial charge < -0.3 is 5.32 Å². The molecule has 0 aliphatic carbocycles. The molecule has 0 spiro atoms. The summed E-state index contributed by atoms with van der Waals surface area (Å²) >= 11 is 0. The van der Waals surface area contributed by atoms with Gasteiger partial charge in [-0.25, -0.2) is 0 Å². The molecule has 1 heterocycles. The summed E-state index contributed by atoms with van der Waals surface area (Å²) in [6.45, 7) is 9.57. The molecule has 1 N–H and O–H groups in total. The second kappa shape index (κ2) is 4.86. The van der Waals surface area contributed by atoms with E-state index in [-0.39, 0.29) is 0 Å². The highest BCUT2D eigenvalue weighted by Crippen LogP contribution is 2.18. The van der Waals surface area contributed by atoms with Crippen molar-refractivity contribution in [2.24, 2.45) is 0 Å². The SMILES string of the molecule is C=C/C=C1/NC1=CC.CC. The van der Waals surface area contributed by atoms with Gasteiger partial charge in [0.05, 0.1) is 11.4 Å². The van der Waals surface area contributed by atoms with E-state index in [4.69, 9.17) is 0 Å². The van der Waals surface area contributed by atoms with Crippen LogP contribution in [0.4, 0.5) is 0 Å². The lowest BCUT2D eigenvalue weighted by atomic mass is 10.4. The quantitative estimate of drug-likeness (QED) is 0.551. The molecular weight excluding hydrogens is 122 g/mol. The molecule has 0 bridgehead atoms. The third-order valence-corrected chi connectivity index (χ3v) is 1.07. The Bertz CT molecular complexity index is 164. The van der Waals surface area contributed by atoms with Crippen molar-refractivity contribution in [2.75, 3.05) is 0 Å². The molecule has 1 heteroatoms. The number of rotatable bonds is 1. The molecule has 1 aliphatic heterocycles. The van der Waals surface area contributed by atoms with Crippen LogP contribution in [0, 0.1) is 0 Å². The summed E-state index contributed by atoms with van der Waals surface area (Å²) in [4.78, 5) is 0. The predicted octanol–water partition coefficient (Wildman–Crippen LogP) is 2.59. The average Bonchev–Trinajstić information content (AvgIpc) is 2.73. The minimum atomic E-state index is 1.20. The minimum Gasteiger partial charge on any atom is -0.352 e. The Morgan fingerprint density at radius 2 is 1.90 bits per heavy atom. The summed E-state index contributed by atoms with van der Waals surface area (Å²) in [5, 5.41) is 3.07. The lowest BCUT2D eigenvalue weighted by Gasteiger charge is -1.59. The van der Waals surface area contributed by atoms with Crippen molar-refractivity contribution in [2.45, 2.75) is 20.8 Å². The van der Waals surface area contributed by atoms with E-state index in [9.17, 15) is 0 Å². The van der Waals surface area contributed by atoms with E-state index in [0.717, 1.165) is 0 Å². The Hall–Kier alpha value is -0.980. The van der Waals surface area contributed by atoms with E-state index in [1.54, 1.807) is 6.08 Å². The Labute approximate surface area is 63.1 Å². The highest BCUT2D eigenvalue weighted by Gasteiger charge is 2.15. The Morgan fingerprint density at radius 1 is 1.30 bits per heavy atom. The topological polar surface area (TPSA) is 21.9 Å². The van der Waals surface area contributed by atoms with Gasteiger partial charge >= 0.3 is 0 Å². The van der Waals surface area contributed by atoms with Crippen molar-refractivity contribution >= 4 is 0 Å². The van der Waals surface area contributed by atoms with Gasteiger partial charge in [0.25, 0.3) is 0 Å². The summed E-state index contributed by atoms with van der Waals surface area (Å²) in [6.07, 6.45) is 5.77. The monoisotopic (exact) mass is 137 g/mol. The average molecular weight is 137 g/mol. The molecule has 1 aliphatic rings. The van der Waals surface area contributed by atoms with E-state index in [2.05, 4.69) is 11.9 Å². The second-order valence-electron chi connectivity index (χ2n) is 1.64. The molecule has 1 saturated heterocycles. The van der Waals surface area contributed by atoms with Crippen molar-refractivity contribution < 1.29 is 0 Å². The number of hydrogen-bond acceptors (Lipinski definition) is 1. The molecule has 1 fully saturated rings. The van der Waals surface area contributed by atoms with Crippen LogP contribution >= 0.6 is 0 Å². The molecule has 56 valence electrons. The molecule has 10 heavy (non-hydrogen) atoms. The zero-order valence-corrected chi connectivity index (χ0v) is 6.94. The lowest BCUT2D eigenvalue weighted by molar-refractivity contribution is 1.43. The zero-order chi connectivity index (χ0) is 7.98. The fraction of sp³-hybridized carbons (Fsp3) is 0.333. The first kappa shape index (κ1) is 9.02. The maximum Gasteiger partial charge on any atom is 0.0620 e. The summed E-state index contributed by atoms with van der Waals surface area (Å²) in [7, 11) is 0. The highest BCUT2D eigenvalue weighted by atomic mass is 15.1. The molecule has 0 saturated carbocycles. The zero-order valence-electron chi connectivity index (χ0n) is 6.94. The van der Waals surface area contributed by atoms with Crippen LogP contribution in [-0.4, -0.2) is 0 Å². The van der Waals surface area contributed by atoms with Crippen LogP contribution in [0.15, 0.2) is 36.2 Å². The summed E-state index contributed by atoms with van der Waals surface area (Å²) < 4.78 is 0. The molecule has 0 unspecified atom stereocenters. The lowest BCUT2D eigenvalue weighted by Crippen LogP contribution is -1.58. The first-order valence-corrected chi connectivity index (χ1v) is 3.65. The molecule has 0 aromatic carbocycles. The van der Waals surface area contributed by atoms with Gasteiger partial charge in [0.2, 0.25) is 0 Å². The van der Waals surface area contributed by atoms with Gasteiger partial charge in [0, 0.05) is 0 Å². The smallest absolute Gasteiger partial charge is 0.0620 e. The molecule has 0 aromatic rings. The standard InChI is InChI=1S/C7H9N.C2H6/c1-3-5-7-6(4-2)8-7;1-2/h3-5,8H,1H2,2H3;1-2H3/b6-4?,7-5+;. The summed E-state index contributed by atoms with van der Waals surface area (Å²) in [5.41, 5.74) is 2.42. The fourth-order valence-corrected chi connectivity index (χ4v) is 0.591. The highest BCUT2D eigenvalue weighted by molar-refractivity contribution is 5.46. The van der Waals surface area contributed by atoms with Crippen LogP contribution in [0.1, 0.15) is 20.8 Å². The predicted molar refractivity (Wildman–Crippen MR) is 46.5 cm³/mol. The van der Waals surface area contributed by atoms with E-state index < -0.39 is 0 Å². The van der Waals surface area contributed by atoms with Crippen LogP contribution < -0.4 is 5.32 Å². The van der Waals surface area contributed by atoms with Gasteiger partial charge in [-0.15, -0.1) is 0 Å². The Morgan fingerprint density at radius 3 is 2.20 bits per heavy atom. The van der Waals surface area contributed by atoms with Crippen molar-refractivity contribution in [1.82, 2.24) is 5.32 Å². The molecule has 1 rings (SSSR count). The molecule has 0 radical (unpaired) electrons. The second-order valence-corrected chi connectivity index (χ2v) is 1.64. The summed E-state index contributed by atoms with van der Waals surface area (Å²) in [6, 6.07) is 0. The van der Waals surface area contributed by atoms with Crippen molar-refractivity contribution in [1.29, 1.82) is 0 Å². The van der Waals surface area contributed by atoms with Gasteiger partial charge in [-0.05, 0) is 13.0 Å². The first-order chi connectivity index (χ1) is 4.88. The van der Waals surface area contributed by atoms with Crippen molar-refractivity contribution in [3.05, 3.63) is 36.2 Å². The van der Waals surface area contributed by atoms with E-state index >= 15 is 0 Å². The van der Waals surface area contributed by atoms with Crippen LogP contribution in [0.2, 0.25) is 0 Å². The molecule has 0 aromatic heterocycles.